The van der Waals surface area contributed by atoms with Gasteiger partial charge in [-0.1, -0.05) is 41.7 Å². The van der Waals surface area contributed by atoms with Gasteiger partial charge in [-0.15, -0.1) is 0 Å². The number of hydrogen-bond donors (Lipinski definition) is 2. The van der Waals surface area contributed by atoms with Gasteiger partial charge >= 0.3 is 0 Å². The Morgan fingerprint density at radius 1 is 1.21 bits per heavy atom. The van der Waals surface area contributed by atoms with Gasteiger partial charge in [-0.2, -0.15) is 11.8 Å². The molecule has 0 aliphatic rings. The molecule has 2 aromatic carbocycles. The van der Waals surface area contributed by atoms with Crippen molar-refractivity contribution in [2.45, 2.75) is 12.5 Å². The molecule has 0 bridgehead atoms. The van der Waals surface area contributed by atoms with Crippen LogP contribution in [0.5, 0.6) is 0 Å². The molecule has 2 aromatic heterocycles. The molecule has 2 N–H and O–H groups in total. The molecule has 1 amide bonds. The highest BCUT2D eigenvalue weighted by Crippen LogP contribution is 2.22. The van der Waals surface area contributed by atoms with Crippen LogP contribution in [-0.2, 0) is 0 Å². The molecule has 0 spiro atoms. The van der Waals surface area contributed by atoms with Gasteiger partial charge in [0.15, 0.2) is 0 Å². The quantitative estimate of drug-likeness (QED) is 0.496. The fourth-order valence-corrected chi connectivity index (χ4v) is 4.43. The highest BCUT2D eigenvalue weighted by molar-refractivity contribution is 7.98. The van der Waals surface area contributed by atoms with Crippen LogP contribution in [0.25, 0.3) is 21.8 Å². The van der Waals surface area contributed by atoms with Crippen LogP contribution >= 0.6 is 23.1 Å². The van der Waals surface area contributed by atoms with Crippen molar-refractivity contribution in [2.24, 2.45) is 0 Å². The molecule has 1 unspecified atom stereocenters. The standard InChI is InChI=1S/C21H19N3O2S2/c1-27-11-10-17(19-22-15-8-4-5-9-16(15)23-19)24-20(25)18-12-13-6-2-3-7-14(13)21(26)28-18/h2-9,12,17H,10-11H2,1H3,(H,22,23)(H,24,25). The molecular formula is C21H19N3O2S2. The van der Waals surface area contributed by atoms with E-state index in [0.29, 0.717) is 10.3 Å². The summed E-state index contributed by atoms with van der Waals surface area (Å²) in [5, 5.41) is 4.48. The van der Waals surface area contributed by atoms with Crippen LogP contribution in [0.2, 0.25) is 0 Å². The number of fused-ring (bicyclic) bond motifs is 2. The first-order valence-corrected chi connectivity index (χ1v) is 11.1. The molecule has 0 radical (unpaired) electrons. The summed E-state index contributed by atoms with van der Waals surface area (Å²) in [6.07, 6.45) is 2.78. The summed E-state index contributed by atoms with van der Waals surface area (Å²) in [6, 6.07) is 16.7. The number of hydrogen-bond acceptors (Lipinski definition) is 5. The van der Waals surface area contributed by atoms with E-state index in [1.807, 2.05) is 48.7 Å². The van der Waals surface area contributed by atoms with Gasteiger partial charge < -0.3 is 10.3 Å². The number of nitrogens with one attached hydrogen (secondary N) is 2. The number of benzene rings is 2. The van der Waals surface area contributed by atoms with Crippen LogP contribution in [0.4, 0.5) is 0 Å². The lowest BCUT2D eigenvalue weighted by Gasteiger charge is -2.16. The van der Waals surface area contributed by atoms with E-state index >= 15 is 0 Å². The Morgan fingerprint density at radius 3 is 2.82 bits per heavy atom. The molecular weight excluding hydrogens is 390 g/mol. The van der Waals surface area contributed by atoms with Gasteiger partial charge in [0, 0.05) is 5.39 Å². The summed E-state index contributed by atoms with van der Waals surface area (Å²) in [7, 11) is 0. The number of rotatable bonds is 6. The van der Waals surface area contributed by atoms with Crippen molar-refractivity contribution in [1.82, 2.24) is 15.3 Å². The van der Waals surface area contributed by atoms with E-state index in [4.69, 9.17) is 0 Å². The fourth-order valence-electron chi connectivity index (χ4n) is 3.13. The maximum Gasteiger partial charge on any atom is 0.262 e. The van der Waals surface area contributed by atoms with Gasteiger partial charge in [-0.05, 0) is 48.1 Å². The topological polar surface area (TPSA) is 74.8 Å². The second-order valence-corrected chi connectivity index (χ2v) is 8.43. The minimum Gasteiger partial charge on any atom is -0.341 e. The zero-order valence-corrected chi connectivity index (χ0v) is 16.9. The monoisotopic (exact) mass is 409 g/mol. The molecule has 0 aliphatic carbocycles. The Balaban J connectivity index is 1.64. The van der Waals surface area contributed by atoms with E-state index in [-0.39, 0.29) is 16.7 Å². The summed E-state index contributed by atoms with van der Waals surface area (Å²) in [4.78, 5) is 33.6. The first-order valence-electron chi connectivity index (χ1n) is 8.93. The number of aromatic amines is 1. The number of carbonyl (C=O) groups is 1. The SMILES string of the molecule is CSCCC(NC(=O)c1cc2ccccc2c(=O)s1)c1nc2ccccc2[nH]1. The molecule has 0 saturated heterocycles. The molecule has 5 nitrogen and oxygen atoms in total. The summed E-state index contributed by atoms with van der Waals surface area (Å²) in [6.45, 7) is 0. The lowest BCUT2D eigenvalue weighted by atomic mass is 10.2. The van der Waals surface area contributed by atoms with E-state index in [1.54, 1.807) is 23.9 Å². The molecule has 7 heteroatoms. The second kappa shape index (κ2) is 8.16. The van der Waals surface area contributed by atoms with E-state index in [1.165, 1.54) is 0 Å². The largest absolute Gasteiger partial charge is 0.341 e. The van der Waals surface area contributed by atoms with E-state index in [9.17, 15) is 9.59 Å². The Bertz CT molecular complexity index is 1170. The number of para-hydroxylation sites is 2. The minimum absolute atomic E-state index is 0.104. The minimum atomic E-state index is -0.251. The molecule has 28 heavy (non-hydrogen) atoms. The average Bonchev–Trinajstić information content (AvgIpc) is 3.15. The number of aromatic nitrogens is 2. The Morgan fingerprint density at radius 2 is 2.00 bits per heavy atom. The van der Waals surface area contributed by atoms with Gasteiger partial charge in [0.25, 0.3) is 5.91 Å². The van der Waals surface area contributed by atoms with Crippen LogP contribution in [-0.4, -0.2) is 27.9 Å². The third-order valence-corrected chi connectivity index (χ3v) is 6.12. The summed E-state index contributed by atoms with van der Waals surface area (Å²) >= 11 is 2.70. The Labute approximate surface area is 170 Å². The van der Waals surface area contributed by atoms with Gasteiger partial charge in [0.1, 0.15) is 5.82 Å². The number of imidazole rings is 1. The highest BCUT2D eigenvalue weighted by atomic mass is 32.2. The van der Waals surface area contributed by atoms with Crippen molar-refractivity contribution < 1.29 is 4.79 Å². The zero-order chi connectivity index (χ0) is 19.5. The predicted octanol–water partition coefficient (Wildman–Crippen LogP) is 4.36. The Kier molecular flexibility index (Phi) is 5.45. The van der Waals surface area contributed by atoms with Crippen molar-refractivity contribution in [3.63, 3.8) is 0 Å². The number of H-pyrrole nitrogens is 1. The Hall–Kier alpha value is -2.64. The predicted molar refractivity (Wildman–Crippen MR) is 117 cm³/mol. The third-order valence-electron chi connectivity index (χ3n) is 4.55. The normalized spacial score (nSPS) is 12.3. The van der Waals surface area contributed by atoms with Gasteiger partial charge in [-0.25, -0.2) is 4.98 Å². The number of carbonyl (C=O) groups excluding carboxylic acids is 1. The van der Waals surface area contributed by atoms with Crippen LogP contribution in [0, 0.1) is 0 Å². The van der Waals surface area contributed by atoms with Crippen LogP contribution in [0.3, 0.4) is 0 Å². The molecule has 4 aromatic rings. The molecule has 0 fully saturated rings. The third kappa shape index (κ3) is 3.81. The van der Waals surface area contributed by atoms with Gasteiger partial charge in [0.2, 0.25) is 4.74 Å². The fraction of sp³-hybridized carbons (Fsp3) is 0.190. The maximum atomic E-state index is 12.9. The second-order valence-electron chi connectivity index (χ2n) is 6.43. The van der Waals surface area contributed by atoms with Crippen molar-refractivity contribution >= 4 is 50.8 Å². The maximum absolute atomic E-state index is 12.9. The molecule has 0 saturated carbocycles. The van der Waals surface area contributed by atoms with Crippen molar-refractivity contribution in [2.75, 3.05) is 12.0 Å². The molecule has 142 valence electrons. The average molecular weight is 410 g/mol. The van der Waals surface area contributed by atoms with Crippen LogP contribution < -0.4 is 10.1 Å². The number of thioether (sulfide) groups is 1. The van der Waals surface area contributed by atoms with Crippen molar-refractivity contribution in [1.29, 1.82) is 0 Å². The lowest BCUT2D eigenvalue weighted by Crippen LogP contribution is -2.29. The van der Waals surface area contributed by atoms with Crippen LogP contribution in [0.15, 0.2) is 59.4 Å². The van der Waals surface area contributed by atoms with E-state index in [0.717, 1.165) is 45.8 Å². The van der Waals surface area contributed by atoms with E-state index in [2.05, 4.69) is 15.3 Å². The highest BCUT2D eigenvalue weighted by Gasteiger charge is 2.20. The van der Waals surface area contributed by atoms with Crippen molar-refractivity contribution in [3.05, 3.63) is 74.8 Å². The van der Waals surface area contributed by atoms with Crippen LogP contribution in [0.1, 0.15) is 28.0 Å². The number of amides is 1. The van der Waals surface area contributed by atoms with Gasteiger partial charge in [-0.3, -0.25) is 9.59 Å². The molecule has 4 rings (SSSR count). The summed E-state index contributed by atoms with van der Waals surface area (Å²) in [5.41, 5.74) is 1.81. The summed E-state index contributed by atoms with van der Waals surface area (Å²) in [5.74, 6) is 1.37. The zero-order valence-electron chi connectivity index (χ0n) is 15.3. The van der Waals surface area contributed by atoms with Crippen molar-refractivity contribution in [3.8, 4) is 0 Å². The molecule has 2 heterocycles. The molecule has 0 aliphatic heterocycles. The summed E-state index contributed by atoms with van der Waals surface area (Å²) < 4.78 is -0.104. The van der Waals surface area contributed by atoms with Gasteiger partial charge in [0.05, 0.1) is 22.0 Å². The first-order chi connectivity index (χ1) is 13.7. The molecule has 1 atom stereocenters. The first kappa shape index (κ1) is 18.7. The smallest absolute Gasteiger partial charge is 0.262 e. The van der Waals surface area contributed by atoms with E-state index < -0.39 is 0 Å². The number of nitrogens with zero attached hydrogens (tertiary/aromatic N) is 1. The lowest BCUT2D eigenvalue weighted by molar-refractivity contribution is 0.0938.